The summed E-state index contributed by atoms with van der Waals surface area (Å²) >= 11 is 11.7. The smallest absolute Gasteiger partial charge is 0.207 e. The maximum absolute atomic E-state index is 11.0. The third-order valence-electron chi connectivity index (χ3n) is 4.24. The average molecular weight is 346 g/mol. The number of carbonyl (C=O) groups excluding carboxylic acids is 1. The molecule has 4 nitrogen and oxygen atoms in total. The molecule has 0 saturated carbocycles. The van der Waals surface area contributed by atoms with E-state index in [2.05, 4.69) is 10.6 Å². The lowest BCUT2D eigenvalue weighted by Gasteiger charge is -2.48. The zero-order valence-corrected chi connectivity index (χ0v) is 14.1. The number of likely N-dealkylation sites (N-methyl/N-ethyl adjacent to an activating group) is 1. The highest BCUT2D eigenvalue weighted by Gasteiger charge is 2.44. The summed E-state index contributed by atoms with van der Waals surface area (Å²) in [5, 5.41) is 7.27. The first-order valence-electron chi connectivity index (χ1n) is 7.17. The van der Waals surface area contributed by atoms with Gasteiger partial charge in [0.2, 0.25) is 6.41 Å². The van der Waals surface area contributed by atoms with Crippen molar-refractivity contribution in [3.05, 3.63) is 64.7 Å². The molecule has 0 aromatic heterocycles. The number of carbonyl (C=O) groups is 1. The Balaban J connectivity index is 2.30. The van der Waals surface area contributed by atoms with Gasteiger partial charge in [-0.2, -0.15) is 0 Å². The predicted molar refractivity (Wildman–Crippen MR) is 96.7 cm³/mol. The number of rotatable bonds is 4. The standard InChI is InChI=1S/C17H16ClN3OS/c1-21-16(23)20-15-8-7-13(18)9-14(15)17(21,10-19-11-22)12-5-3-2-4-6-12/h2-9,11H,10H2,1H3,(H,19,22)(H,20,23). The summed E-state index contributed by atoms with van der Waals surface area (Å²) in [6.07, 6.45) is 0.702. The highest BCUT2D eigenvalue weighted by atomic mass is 35.5. The lowest BCUT2D eigenvalue weighted by molar-refractivity contribution is -0.109. The number of fused-ring (bicyclic) bond motifs is 1. The second-order valence-electron chi connectivity index (χ2n) is 5.40. The SMILES string of the molecule is CN1C(=S)Nc2ccc(Cl)cc2C1(CNC=O)c1ccccc1. The second-order valence-corrected chi connectivity index (χ2v) is 6.23. The van der Waals surface area contributed by atoms with Crippen LogP contribution in [0.5, 0.6) is 0 Å². The molecule has 1 unspecified atom stereocenters. The van der Waals surface area contributed by atoms with E-state index in [9.17, 15) is 4.79 Å². The van der Waals surface area contributed by atoms with Crippen LogP contribution in [-0.2, 0) is 10.3 Å². The number of hydrogen-bond donors (Lipinski definition) is 2. The van der Waals surface area contributed by atoms with Crippen LogP contribution in [0.4, 0.5) is 5.69 Å². The van der Waals surface area contributed by atoms with Crippen LogP contribution in [0.1, 0.15) is 11.1 Å². The van der Waals surface area contributed by atoms with Gasteiger partial charge in [0.25, 0.3) is 0 Å². The van der Waals surface area contributed by atoms with Crippen molar-refractivity contribution in [2.24, 2.45) is 0 Å². The van der Waals surface area contributed by atoms with Crippen LogP contribution in [0.15, 0.2) is 48.5 Å². The summed E-state index contributed by atoms with van der Waals surface area (Å²) in [5.41, 5.74) is 2.28. The van der Waals surface area contributed by atoms with Crippen molar-refractivity contribution in [2.45, 2.75) is 5.54 Å². The molecule has 2 aromatic rings. The van der Waals surface area contributed by atoms with E-state index in [-0.39, 0.29) is 0 Å². The Morgan fingerprint density at radius 2 is 2.04 bits per heavy atom. The molecule has 2 N–H and O–H groups in total. The number of halogens is 1. The van der Waals surface area contributed by atoms with Gasteiger partial charge in [-0.3, -0.25) is 4.79 Å². The van der Waals surface area contributed by atoms with E-state index < -0.39 is 5.54 Å². The molecule has 2 aromatic carbocycles. The van der Waals surface area contributed by atoms with Gasteiger partial charge < -0.3 is 15.5 Å². The summed E-state index contributed by atoms with van der Waals surface area (Å²) < 4.78 is 0. The molecule has 1 heterocycles. The van der Waals surface area contributed by atoms with Crippen LogP contribution in [-0.4, -0.2) is 30.0 Å². The molecule has 23 heavy (non-hydrogen) atoms. The molecule has 1 aliphatic rings. The van der Waals surface area contributed by atoms with Gasteiger partial charge in [0.05, 0.1) is 0 Å². The minimum absolute atomic E-state index is 0.381. The molecule has 0 radical (unpaired) electrons. The average Bonchev–Trinajstić information content (AvgIpc) is 2.57. The highest BCUT2D eigenvalue weighted by Crippen LogP contribution is 2.43. The Bertz CT molecular complexity index is 753. The molecule has 6 heteroatoms. The maximum Gasteiger partial charge on any atom is 0.207 e. The fraction of sp³-hybridized carbons (Fsp3) is 0.176. The molecular weight excluding hydrogens is 330 g/mol. The van der Waals surface area contributed by atoms with Crippen LogP contribution in [0.2, 0.25) is 5.02 Å². The minimum Gasteiger partial charge on any atom is -0.356 e. The van der Waals surface area contributed by atoms with Crippen molar-refractivity contribution < 1.29 is 4.79 Å². The first-order valence-corrected chi connectivity index (χ1v) is 7.95. The Hall–Kier alpha value is -2.11. The van der Waals surface area contributed by atoms with Crippen LogP contribution in [0.25, 0.3) is 0 Å². The molecule has 0 bridgehead atoms. The van der Waals surface area contributed by atoms with E-state index in [1.165, 1.54) is 0 Å². The summed E-state index contributed by atoms with van der Waals surface area (Å²) in [5.74, 6) is 0. The van der Waals surface area contributed by atoms with E-state index >= 15 is 0 Å². The van der Waals surface area contributed by atoms with Crippen LogP contribution in [0.3, 0.4) is 0 Å². The maximum atomic E-state index is 11.0. The van der Waals surface area contributed by atoms with Gasteiger partial charge in [-0.1, -0.05) is 41.9 Å². The number of thiocarbonyl (C=S) groups is 1. The molecular formula is C17H16ClN3OS. The number of benzene rings is 2. The molecule has 0 aliphatic carbocycles. The predicted octanol–water partition coefficient (Wildman–Crippen LogP) is 2.97. The Kier molecular flexibility index (Phi) is 4.24. The third kappa shape index (κ3) is 2.56. The van der Waals surface area contributed by atoms with Gasteiger partial charge in [-0.25, -0.2) is 0 Å². The van der Waals surface area contributed by atoms with Gasteiger partial charge in [-0.15, -0.1) is 0 Å². The third-order valence-corrected chi connectivity index (χ3v) is 4.85. The Morgan fingerprint density at radius 3 is 2.74 bits per heavy atom. The van der Waals surface area contributed by atoms with Gasteiger partial charge in [0, 0.05) is 29.9 Å². The van der Waals surface area contributed by atoms with Crippen molar-refractivity contribution in [1.82, 2.24) is 10.2 Å². The first kappa shape index (κ1) is 15.8. The van der Waals surface area contributed by atoms with Gasteiger partial charge in [0.1, 0.15) is 5.54 Å². The lowest BCUT2D eigenvalue weighted by atomic mass is 9.79. The van der Waals surface area contributed by atoms with Crippen LogP contribution >= 0.6 is 23.8 Å². The zero-order chi connectivity index (χ0) is 16.4. The van der Waals surface area contributed by atoms with E-state index in [0.717, 1.165) is 16.8 Å². The Morgan fingerprint density at radius 1 is 1.30 bits per heavy atom. The molecule has 3 rings (SSSR count). The van der Waals surface area contributed by atoms with E-state index in [1.54, 1.807) is 0 Å². The molecule has 1 atom stereocenters. The van der Waals surface area contributed by atoms with E-state index in [0.29, 0.717) is 23.1 Å². The number of hydrogen-bond acceptors (Lipinski definition) is 2. The largest absolute Gasteiger partial charge is 0.356 e. The van der Waals surface area contributed by atoms with E-state index in [4.69, 9.17) is 23.8 Å². The van der Waals surface area contributed by atoms with Crippen molar-refractivity contribution in [2.75, 3.05) is 18.9 Å². The van der Waals surface area contributed by atoms with Gasteiger partial charge >= 0.3 is 0 Å². The van der Waals surface area contributed by atoms with Crippen LogP contribution < -0.4 is 10.6 Å². The van der Waals surface area contributed by atoms with E-state index in [1.807, 2.05) is 60.5 Å². The molecule has 0 fully saturated rings. The summed E-state index contributed by atoms with van der Waals surface area (Å²) in [4.78, 5) is 12.9. The monoisotopic (exact) mass is 345 g/mol. The lowest BCUT2D eigenvalue weighted by Crippen LogP contribution is -2.57. The zero-order valence-electron chi connectivity index (χ0n) is 12.5. The minimum atomic E-state index is -0.620. The molecule has 0 spiro atoms. The molecule has 0 saturated heterocycles. The summed E-state index contributed by atoms with van der Waals surface area (Å²) in [6, 6.07) is 15.6. The fourth-order valence-corrected chi connectivity index (χ4v) is 3.53. The normalized spacial score (nSPS) is 19.7. The van der Waals surface area contributed by atoms with Gasteiger partial charge in [-0.05, 0) is 36.0 Å². The molecule has 1 amide bonds. The second kappa shape index (κ2) is 6.18. The van der Waals surface area contributed by atoms with Gasteiger partial charge in [0.15, 0.2) is 5.11 Å². The fourth-order valence-electron chi connectivity index (χ4n) is 3.09. The van der Waals surface area contributed by atoms with Crippen molar-refractivity contribution in [3.8, 4) is 0 Å². The Labute approximate surface area is 145 Å². The summed E-state index contributed by atoms with van der Waals surface area (Å²) in [7, 11) is 1.92. The quantitative estimate of drug-likeness (QED) is 0.660. The highest BCUT2D eigenvalue weighted by molar-refractivity contribution is 7.80. The first-order chi connectivity index (χ1) is 11.1. The number of anilines is 1. The van der Waals surface area contributed by atoms with Crippen LogP contribution in [0, 0.1) is 0 Å². The number of nitrogens with one attached hydrogen (secondary N) is 2. The number of amides is 1. The topological polar surface area (TPSA) is 44.4 Å². The van der Waals surface area contributed by atoms with Crippen molar-refractivity contribution >= 4 is 41.0 Å². The van der Waals surface area contributed by atoms with Crippen molar-refractivity contribution in [3.63, 3.8) is 0 Å². The number of nitrogens with zero attached hydrogens (tertiary/aromatic N) is 1. The van der Waals surface area contributed by atoms with Crippen molar-refractivity contribution in [1.29, 1.82) is 0 Å². The molecule has 1 aliphatic heterocycles. The summed E-state index contributed by atoms with van der Waals surface area (Å²) in [6.45, 7) is 0.381. The molecule has 118 valence electrons.